The Bertz CT molecular complexity index is 379. The predicted molar refractivity (Wildman–Crippen MR) is 70.7 cm³/mol. The Morgan fingerprint density at radius 1 is 1.15 bits per heavy atom. The van der Waals surface area contributed by atoms with Crippen molar-refractivity contribution in [2.24, 2.45) is 0 Å². The maximum Gasteiger partial charge on any atom is 0.522 e. The van der Waals surface area contributed by atoms with Gasteiger partial charge in [-0.2, -0.15) is 0 Å². The summed E-state index contributed by atoms with van der Waals surface area (Å²) in [5.74, 6) is 0.530. The number of alkyl halides is 3. The van der Waals surface area contributed by atoms with Gasteiger partial charge >= 0.3 is 6.36 Å². The average molecular weight is 291 g/mol. The Morgan fingerprint density at radius 3 is 2.35 bits per heavy atom. The van der Waals surface area contributed by atoms with Gasteiger partial charge in [-0.3, -0.25) is 4.74 Å². The fourth-order valence-corrected chi connectivity index (χ4v) is 1.65. The van der Waals surface area contributed by atoms with E-state index in [1.165, 1.54) is 0 Å². The smallest absolute Gasteiger partial charge is 0.491 e. The van der Waals surface area contributed by atoms with Crippen molar-refractivity contribution in [3.8, 4) is 5.75 Å². The zero-order valence-corrected chi connectivity index (χ0v) is 11.7. The topological polar surface area (TPSA) is 30.5 Å². The van der Waals surface area contributed by atoms with E-state index < -0.39 is 13.0 Å². The van der Waals surface area contributed by atoms with Gasteiger partial charge in [-0.15, -0.1) is 13.2 Å². The molecule has 20 heavy (non-hydrogen) atoms. The Labute approximate surface area is 117 Å². The molecule has 1 aromatic carbocycles. The number of nitrogens with one attached hydrogen (secondary N) is 1. The number of halogens is 3. The van der Waals surface area contributed by atoms with Gasteiger partial charge in [0.25, 0.3) is 0 Å². The summed E-state index contributed by atoms with van der Waals surface area (Å²) < 4.78 is 44.0. The molecule has 1 atom stereocenters. The first kappa shape index (κ1) is 16.8. The lowest BCUT2D eigenvalue weighted by Crippen LogP contribution is -2.19. The summed E-state index contributed by atoms with van der Waals surface area (Å²) in [6, 6.07) is 7.51. The summed E-state index contributed by atoms with van der Waals surface area (Å²) >= 11 is 0. The Kier molecular flexibility index (Phi) is 6.81. The van der Waals surface area contributed by atoms with Crippen LogP contribution in [0.2, 0.25) is 0 Å². The lowest BCUT2D eigenvalue weighted by Gasteiger charge is -2.14. The highest BCUT2D eigenvalue weighted by Crippen LogP contribution is 2.18. The van der Waals surface area contributed by atoms with Crippen molar-refractivity contribution in [2.75, 3.05) is 19.8 Å². The molecule has 3 nitrogen and oxygen atoms in total. The van der Waals surface area contributed by atoms with Crippen LogP contribution in [-0.2, 0) is 4.74 Å². The van der Waals surface area contributed by atoms with Gasteiger partial charge in [0.15, 0.2) is 0 Å². The minimum atomic E-state index is -4.60. The van der Waals surface area contributed by atoms with Crippen LogP contribution in [0.1, 0.15) is 31.9 Å². The maximum absolute atomic E-state index is 11.7. The molecule has 114 valence electrons. The van der Waals surface area contributed by atoms with E-state index in [2.05, 4.69) is 23.9 Å². The fraction of sp³-hybridized carbons (Fsp3) is 0.571. The van der Waals surface area contributed by atoms with Crippen molar-refractivity contribution < 1.29 is 22.6 Å². The molecule has 0 radical (unpaired) electrons. The van der Waals surface area contributed by atoms with E-state index in [4.69, 9.17) is 4.74 Å². The number of hydrogen-bond donors (Lipinski definition) is 1. The molecule has 0 aliphatic rings. The lowest BCUT2D eigenvalue weighted by molar-refractivity contribution is -0.325. The van der Waals surface area contributed by atoms with Crippen molar-refractivity contribution in [3.63, 3.8) is 0 Å². The highest BCUT2D eigenvalue weighted by Gasteiger charge is 2.28. The van der Waals surface area contributed by atoms with E-state index in [1.807, 2.05) is 12.1 Å². The van der Waals surface area contributed by atoms with Crippen molar-refractivity contribution in [3.05, 3.63) is 29.8 Å². The van der Waals surface area contributed by atoms with Crippen molar-refractivity contribution in [1.29, 1.82) is 0 Å². The Balaban J connectivity index is 2.35. The van der Waals surface area contributed by atoms with E-state index in [-0.39, 0.29) is 12.6 Å². The van der Waals surface area contributed by atoms with Crippen LogP contribution < -0.4 is 10.1 Å². The van der Waals surface area contributed by atoms with Gasteiger partial charge in [0, 0.05) is 6.04 Å². The monoisotopic (exact) mass is 291 g/mol. The van der Waals surface area contributed by atoms with Gasteiger partial charge in [-0.1, -0.05) is 19.1 Å². The lowest BCUT2D eigenvalue weighted by atomic mass is 10.1. The number of rotatable bonds is 8. The van der Waals surface area contributed by atoms with Crippen LogP contribution in [0.3, 0.4) is 0 Å². The largest absolute Gasteiger partial charge is 0.522 e. The van der Waals surface area contributed by atoms with Crippen LogP contribution >= 0.6 is 0 Å². The minimum Gasteiger partial charge on any atom is -0.491 e. The van der Waals surface area contributed by atoms with Crippen molar-refractivity contribution in [1.82, 2.24) is 5.32 Å². The fourth-order valence-electron chi connectivity index (χ4n) is 1.65. The molecule has 0 aromatic heterocycles. The predicted octanol–water partition coefficient (Wildman–Crippen LogP) is 3.66. The van der Waals surface area contributed by atoms with E-state index in [1.54, 1.807) is 12.1 Å². The summed E-state index contributed by atoms with van der Waals surface area (Å²) in [5, 5.41) is 3.35. The van der Waals surface area contributed by atoms with Crippen LogP contribution in [0.15, 0.2) is 24.3 Å². The van der Waals surface area contributed by atoms with Crippen LogP contribution in [0.25, 0.3) is 0 Å². The zero-order chi connectivity index (χ0) is 15.0. The molecule has 1 rings (SSSR count). The third kappa shape index (κ3) is 6.77. The molecular weight excluding hydrogens is 271 g/mol. The molecule has 0 saturated heterocycles. The number of ether oxygens (including phenoxy) is 2. The molecule has 1 aromatic rings. The van der Waals surface area contributed by atoms with Crippen molar-refractivity contribution in [2.45, 2.75) is 32.7 Å². The molecular formula is C14H20F3NO2. The normalized spacial score (nSPS) is 13.2. The molecule has 0 amide bonds. The van der Waals surface area contributed by atoms with Gasteiger partial charge in [-0.05, 0) is 37.6 Å². The quantitative estimate of drug-likeness (QED) is 0.741. The summed E-state index contributed by atoms with van der Waals surface area (Å²) in [6.07, 6.45) is -3.54. The zero-order valence-electron chi connectivity index (χ0n) is 11.7. The highest BCUT2D eigenvalue weighted by molar-refractivity contribution is 5.28. The highest BCUT2D eigenvalue weighted by atomic mass is 19.4. The molecule has 0 fully saturated rings. The van der Waals surface area contributed by atoms with Gasteiger partial charge < -0.3 is 10.1 Å². The molecule has 0 heterocycles. The van der Waals surface area contributed by atoms with Crippen LogP contribution in [0.4, 0.5) is 13.2 Å². The first-order valence-corrected chi connectivity index (χ1v) is 6.59. The number of hydrogen-bond acceptors (Lipinski definition) is 3. The third-order valence-corrected chi connectivity index (χ3v) is 2.70. The van der Waals surface area contributed by atoms with E-state index in [0.717, 1.165) is 18.5 Å². The second-order valence-corrected chi connectivity index (χ2v) is 4.39. The third-order valence-electron chi connectivity index (χ3n) is 2.70. The molecule has 0 aliphatic heterocycles. The summed E-state index contributed by atoms with van der Waals surface area (Å²) in [5.41, 5.74) is 1.11. The van der Waals surface area contributed by atoms with E-state index in [0.29, 0.717) is 5.75 Å². The van der Waals surface area contributed by atoms with Crippen LogP contribution in [0, 0.1) is 0 Å². The average Bonchev–Trinajstić information content (AvgIpc) is 2.40. The standard InChI is InChI=1S/C14H20F3NO2/c1-3-8-18-11(2)12-4-6-13(7-5-12)19-9-10-20-14(15,16)17/h4-7,11,18H,3,8-10H2,1-2H3. The summed E-state index contributed by atoms with van der Waals surface area (Å²) in [7, 11) is 0. The maximum atomic E-state index is 11.7. The summed E-state index contributed by atoms with van der Waals surface area (Å²) in [6.45, 7) is 4.44. The van der Waals surface area contributed by atoms with Gasteiger partial charge in [0.2, 0.25) is 0 Å². The Hall–Kier alpha value is -1.27. The molecule has 0 bridgehead atoms. The Morgan fingerprint density at radius 2 is 1.80 bits per heavy atom. The van der Waals surface area contributed by atoms with Crippen LogP contribution in [-0.4, -0.2) is 26.1 Å². The SMILES string of the molecule is CCCNC(C)c1ccc(OCCOC(F)(F)F)cc1. The first-order valence-electron chi connectivity index (χ1n) is 6.59. The molecule has 1 N–H and O–H groups in total. The number of benzene rings is 1. The van der Waals surface area contributed by atoms with Gasteiger partial charge in [-0.25, -0.2) is 0 Å². The van der Waals surface area contributed by atoms with Crippen molar-refractivity contribution >= 4 is 0 Å². The minimum absolute atomic E-state index is 0.136. The second kappa shape index (κ2) is 8.11. The molecule has 0 saturated carbocycles. The van der Waals surface area contributed by atoms with Gasteiger partial charge in [0.1, 0.15) is 12.4 Å². The molecule has 1 unspecified atom stereocenters. The van der Waals surface area contributed by atoms with Crippen LogP contribution in [0.5, 0.6) is 5.75 Å². The van der Waals surface area contributed by atoms with E-state index >= 15 is 0 Å². The summed E-state index contributed by atoms with van der Waals surface area (Å²) in [4.78, 5) is 0. The van der Waals surface area contributed by atoms with E-state index in [9.17, 15) is 13.2 Å². The van der Waals surface area contributed by atoms with Gasteiger partial charge in [0.05, 0.1) is 6.61 Å². The molecule has 0 spiro atoms. The molecule has 6 heteroatoms. The second-order valence-electron chi connectivity index (χ2n) is 4.39. The molecule has 0 aliphatic carbocycles. The first-order chi connectivity index (χ1) is 9.42.